The highest BCUT2D eigenvalue weighted by Crippen LogP contribution is 2.32. The summed E-state index contributed by atoms with van der Waals surface area (Å²) in [6.07, 6.45) is 2.71. The van der Waals surface area contributed by atoms with Gasteiger partial charge < -0.3 is 19.7 Å². The van der Waals surface area contributed by atoms with Gasteiger partial charge in [0.25, 0.3) is 5.91 Å². The fraction of sp³-hybridized carbons (Fsp3) is 0.179. The zero-order valence-electron chi connectivity index (χ0n) is 20.4. The highest BCUT2D eigenvalue weighted by atomic mass is 32.2. The molecule has 3 aromatic carbocycles. The number of anilines is 2. The first-order chi connectivity index (χ1) is 18.4. The molecule has 3 unspecified atom stereocenters. The monoisotopic (exact) mass is 532 g/mol. The number of rotatable bonds is 7. The summed E-state index contributed by atoms with van der Waals surface area (Å²) in [4.78, 5) is 17.2. The Kier molecular flexibility index (Phi) is 7.32. The van der Waals surface area contributed by atoms with E-state index in [1.165, 1.54) is 18.2 Å². The van der Waals surface area contributed by atoms with E-state index in [9.17, 15) is 18.5 Å². The molecule has 1 amide bonds. The molecule has 0 fully saturated rings. The summed E-state index contributed by atoms with van der Waals surface area (Å²) < 4.78 is 33.9. The molecule has 3 N–H and O–H groups in total. The van der Waals surface area contributed by atoms with Crippen molar-refractivity contribution in [2.24, 2.45) is 0 Å². The highest BCUT2D eigenvalue weighted by molar-refractivity contribution is 7.87. The van der Waals surface area contributed by atoms with Gasteiger partial charge in [0, 0.05) is 23.7 Å². The van der Waals surface area contributed by atoms with E-state index in [2.05, 4.69) is 20.2 Å². The average Bonchev–Trinajstić information content (AvgIpc) is 3.37. The van der Waals surface area contributed by atoms with Crippen molar-refractivity contribution in [1.82, 2.24) is 10.1 Å². The number of halogens is 1. The van der Waals surface area contributed by atoms with Gasteiger partial charge in [0.2, 0.25) is 11.7 Å². The molecule has 8 nitrogen and oxygen atoms in total. The molecule has 1 aromatic heterocycles. The fourth-order valence-corrected chi connectivity index (χ4v) is 5.28. The molecule has 1 aliphatic carbocycles. The molecule has 5 rings (SSSR count). The van der Waals surface area contributed by atoms with Crippen LogP contribution in [0.2, 0.25) is 0 Å². The molecule has 0 bridgehead atoms. The second-order valence-electron chi connectivity index (χ2n) is 8.86. The largest absolute Gasteiger partial charge is 0.506 e. The van der Waals surface area contributed by atoms with Crippen LogP contribution in [0.1, 0.15) is 29.1 Å². The van der Waals surface area contributed by atoms with E-state index < -0.39 is 17.2 Å². The van der Waals surface area contributed by atoms with Crippen LogP contribution in [-0.2, 0) is 11.0 Å². The normalized spacial score (nSPS) is 17.6. The summed E-state index contributed by atoms with van der Waals surface area (Å²) >= 11 is 0. The minimum atomic E-state index is -1.57. The number of nitrogens with zero attached hydrogens (tertiary/aromatic N) is 2. The first-order valence-corrected chi connectivity index (χ1v) is 13.2. The number of nitrogens with one attached hydrogen (secondary N) is 2. The zero-order chi connectivity index (χ0) is 26.6. The van der Waals surface area contributed by atoms with E-state index in [1.807, 2.05) is 36.4 Å². The maximum Gasteiger partial charge on any atom is 0.255 e. The number of alkyl halides is 1. The number of aryl methyl sites for hydroxylation is 1. The Balaban J connectivity index is 1.29. The number of aromatic nitrogens is 2. The standard InChI is InChI=1S/C28H25FN4O4S/c1-17-30-27(32-37-17)24-5-3-2-4-23(24)18-6-8-19(9-7-18)28(35)31-21-12-15-26(34)25(16-21)33-38(36)22-13-10-20(29)11-14-22/h2-10,12-13,15-16,20,22,33-34H,11,14H2,1H3,(H,31,35). The molecule has 3 atom stereocenters. The predicted octanol–water partition coefficient (Wildman–Crippen LogP) is 5.80. The molecule has 0 spiro atoms. The van der Waals surface area contributed by atoms with Gasteiger partial charge in [-0.2, -0.15) is 4.98 Å². The van der Waals surface area contributed by atoms with E-state index in [0.717, 1.165) is 16.7 Å². The topological polar surface area (TPSA) is 117 Å². The smallest absolute Gasteiger partial charge is 0.255 e. The van der Waals surface area contributed by atoms with Crippen molar-refractivity contribution >= 4 is 28.3 Å². The van der Waals surface area contributed by atoms with Crippen LogP contribution in [0.15, 0.2) is 83.4 Å². The molecule has 10 heteroatoms. The number of amides is 1. The first-order valence-electron chi connectivity index (χ1n) is 12.0. The van der Waals surface area contributed by atoms with Crippen molar-refractivity contribution in [2.75, 3.05) is 10.0 Å². The van der Waals surface area contributed by atoms with Crippen LogP contribution in [0.4, 0.5) is 15.8 Å². The molecule has 0 saturated heterocycles. The Hall–Kier alpha value is -4.31. The third kappa shape index (κ3) is 5.65. The molecular weight excluding hydrogens is 507 g/mol. The van der Waals surface area contributed by atoms with Gasteiger partial charge in [-0.25, -0.2) is 8.60 Å². The number of aromatic hydroxyl groups is 1. The van der Waals surface area contributed by atoms with Crippen molar-refractivity contribution in [3.8, 4) is 28.3 Å². The summed E-state index contributed by atoms with van der Waals surface area (Å²) in [7, 11) is -1.57. The Morgan fingerprint density at radius 1 is 1.05 bits per heavy atom. The lowest BCUT2D eigenvalue weighted by atomic mass is 9.98. The number of phenolic OH excluding ortho intramolecular Hbond substituents is 1. The van der Waals surface area contributed by atoms with Crippen LogP contribution in [0.3, 0.4) is 0 Å². The van der Waals surface area contributed by atoms with E-state index >= 15 is 0 Å². The van der Waals surface area contributed by atoms with Gasteiger partial charge in [0.1, 0.15) is 22.9 Å². The number of hydrogen-bond acceptors (Lipinski definition) is 6. The molecule has 0 saturated carbocycles. The number of hydrogen-bond donors (Lipinski definition) is 3. The third-order valence-corrected chi connectivity index (χ3v) is 7.52. The van der Waals surface area contributed by atoms with Gasteiger partial charge in [-0.3, -0.25) is 4.79 Å². The first kappa shape index (κ1) is 25.3. The second-order valence-corrected chi connectivity index (χ2v) is 10.3. The van der Waals surface area contributed by atoms with Crippen LogP contribution in [-0.4, -0.2) is 36.8 Å². The number of benzene rings is 3. The van der Waals surface area contributed by atoms with Gasteiger partial charge in [-0.1, -0.05) is 53.7 Å². The van der Waals surface area contributed by atoms with Crippen molar-refractivity contribution in [3.05, 3.63) is 90.3 Å². The molecule has 38 heavy (non-hydrogen) atoms. The van der Waals surface area contributed by atoms with Gasteiger partial charge in [0.15, 0.2) is 0 Å². The lowest BCUT2D eigenvalue weighted by molar-refractivity contribution is 0.102. The number of carbonyl (C=O) groups excluding carboxylic acids is 1. The Morgan fingerprint density at radius 2 is 1.82 bits per heavy atom. The average molecular weight is 533 g/mol. The Bertz CT molecular complexity index is 1520. The van der Waals surface area contributed by atoms with Crippen molar-refractivity contribution in [3.63, 3.8) is 0 Å². The molecule has 0 radical (unpaired) electrons. The molecule has 194 valence electrons. The van der Waals surface area contributed by atoms with E-state index in [-0.39, 0.29) is 22.6 Å². The Morgan fingerprint density at radius 3 is 2.50 bits per heavy atom. The lowest BCUT2D eigenvalue weighted by Crippen LogP contribution is -2.23. The Labute approximate surface area is 221 Å². The lowest BCUT2D eigenvalue weighted by Gasteiger charge is -2.19. The maximum absolute atomic E-state index is 13.3. The maximum atomic E-state index is 13.3. The van der Waals surface area contributed by atoms with E-state index in [0.29, 0.717) is 35.8 Å². The summed E-state index contributed by atoms with van der Waals surface area (Å²) in [5, 5.41) is 16.7. The quantitative estimate of drug-likeness (QED) is 0.157. The number of phenols is 1. The highest BCUT2D eigenvalue weighted by Gasteiger charge is 2.21. The number of allylic oxidation sites excluding steroid dienone is 1. The molecule has 1 aliphatic rings. The minimum Gasteiger partial charge on any atom is -0.506 e. The van der Waals surface area contributed by atoms with Crippen LogP contribution in [0.25, 0.3) is 22.5 Å². The summed E-state index contributed by atoms with van der Waals surface area (Å²) in [6, 6.07) is 19.2. The van der Waals surface area contributed by atoms with Crippen LogP contribution in [0, 0.1) is 6.92 Å². The van der Waals surface area contributed by atoms with Gasteiger partial charge >= 0.3 is 0 Å². The van der Waals surface area contributed by atoms with Crippen molar-refractivity contribution < 1.29 is 23.0 Å². The van der Waals surface area contributed by atoms with Crippen LogP contribution >= 0.6 is 0 Å². The van der Waals surface area contributed by atoms with Crippen LogP contribution < -0.4 is 10.0 Å². The summed E-state index contributed by atoms with van der Waals surface area (Å²) in [6.45, 7) is 1.73. The SMILES string of the molecule is Cc1nc(-c2ccccc2-c2ccc(C(=O)Nc3ccc(O)c(NS(=O)C4C=CC(F)CC4)c3)cc2)no1. The van der Waals surface area contributed by atoms with Crippen molar-refractivity contribution in [2.45, 2.75) is 31.2 Å². The minimum absolute atomic E-state index is 0.112. The zero-order valence-corrected chi connectivity index (χ0v) is 21.2. The number of carbonyl (C=O) groups is 1. The van der Waals surface area contributed by atoms with E-state index in [1.54, 1.807) is 31.2 Å². The van der Waals surface area contributed by atoms with Gasteiger partial charge in [0.05, 0.1) is 10.9 Å². The second kappa shape index (κ2) is 11.0. The van der Waals surface area contributed by atoms with Crippen LogP contribution in [0.5, 0.6) is 5.75 Å². The summed E-state index contributed by atoms with van der Waals surface area (Å²) in [5.41, 5.74) is 3.65. The van der Waals surface area contributed by atoms with Gasteiger partial charge in [-0.05, 0) is 54.3 Å². The van der Waals surface area contributed by atoms with Gasteiger partial charge in [-0.15, -0.1) is 0 Å². The predicted molar refractivity (Wildman–Crippen MR) is 145 cm³/mol. The van der Waals surface area contributed by atoms with Crippen molar-refractivity contribution in [1.29, 1.82) is 0 Å². The third-order valence-electron chi connectivity index (χ3n) is 6.16. The molecule has 1 heterocycles. The molecular formula is C28H25FN4O4S. The summed E-state index contributed by atoms with van der Waals surface area (Å²) in [5.74, 6) is 0.505. The van der Waals surface area contributed by atoms with E-state index in [4.69, 9.17) is 4.52 Å². The molecule has 4 aromatic rings. The molecule has 0 aliphatic heterocycles. The fourth-order valence-electron chi connectivity index (χ4n) is 4.16.